The minimum atomic E-state index is 0.879. The Balaban J connectivity index is 1.44. The molecular weight excluding hydrogens is 543 g/mol. The molecule has 0 aliphatic heterocycles. The van der Waals surface area contributed by atoms with Crippen molar-refractivity contribution in [2.45, 2.75) is 0 Å². The largest absolute Gasteiger partial charge is 0.455 e. The number of hydrogen-bond donors (Lipinski definition) is 0. The summed E-state index contributed by atoms with van der Waals surface area (Å²) in [6, 6.07) is 54.1. The molecule has 2 aromatic heterocycles. The molecule has 3 heteroatoms. The van der Waals surface area contributed by atoms with E-state index in [4.69, 9.17) is 4.42 Å². The Kier molecular flexibility index (Phi) is 5.40. The van der Waals surface area contributed by atoms with Crippen molar-refractivity contribution in [3.05, 3.63) is 152 Å². The summed E-state index contributed by atoms with van der Waals surface area (Å²) in [5.74, 6) is 0. The molecule has 0 aliphatic carbocycles. The van der Waals surface area contributed by atoms with Gasteiger partial charge in [0.15, 0.2) is 0 Å². The summed E-state index contributed by atoms with van der Waals surface area (Å²) in [6.07, 6.45) is 0. The van der Waals surface area contributed by atoms with Gasteiger partial charge in [0, 0.05) is 36.8 Å². The Morgan fingerprint density at radius 1 is 0.488 bits per heavy atom. The van der Waals surface area contributed by atoms with Crippen molar-refractivity contribution in [3.8, 4) is 11.1 Å². The first kappa shape index (κ1) is 24.2. The first-order valence-corrected chi connectivity index (χ1v) is 15.3. The maximum absolute atomic E-state index is 6.83. The quantitative estimate of drug-likeness (QED) is 0.210. The Hall–Kier alpha value is -5.38. The summed E-state index contributed by atoms with van der Waals surface area (Å²) in [5.41, 5.74) is 7.41. The van der Waals surface area contributed by atoms with E-state index in [-0.39, 0.29) is 0 Å². The molecule has 0 unspecified atom stereocenters. The topological polar surface area (TPSA) is 16.4 Å². The van der Waals surface area contributed by atoms with Gasteiger partial charge in [-0.2, -0.15) is 0 Å². The van der Waals surface area contributed by atoms with E-state index < -0.39 is 0 Å². The third kappa shape index (κ3) is 3.72. The van der Waals surface area contributed by atoms with E-state index in [1.807, 2.05) is 11.3 Å². The Morgan fingerprint density at radius 2 is 1.14 bits per heavy atom. The van der Waals surface area contributed by atoms with Crippen molar-refractivity contribution in [1.82, 2.24) is 0 Å². The normalized spacial score (nSPS) is 11.7. The fourth-order valence-corrected chi connectivity index (χ4v) is 7.72. The number of nitrogens with zero attached hydrogens (tertiary/aromatic N) is 1. The molecule has 43 heavy (non-hydrogen) atoms. The zero-order valence-electron chi connectivity index (χ0n) is 23.2. The summed E-state index contributed by atoms with van der Waals surface area (Å²) >= 11 is 1.85. The molecule has 0 bridgehead atoms. The lowest BCUT2D eigenvalue weighted by molar-refractivity contribution is 0.670. The van der Waals surface area contributed by atoms with Crippen LogP contribution in [0.2, 0.25) is 0 Å². The lowest BCUT2D eigenvalue weighted by Gasteiger charge is -2.27. The molecular formula is C40H25NOS. The minimum Gasteiger partial charge on any atom is -0.455 e. The molecule has 0 aliphatic rings. The summed E-state index contributed by atoms with van der Waals surface area (Å²) in [4.78, 5) is 2.42. The third-order valence-corrected chi connectivity index (χ3v) is 9.57. The van der Waals surface area contributed by atoms with Gasteiger partial charge in [-0.3, -0.25) is 0 Å². The van der Waals surface area contributed by atoms with E-state index in [0.29, 0.717) is 0 Å². The lowest BCUT2D eigenvalue weighted by Crippen LogP contribution is -2.10. The number of hydrogen-bond acceptors (Lipinski definition) is 3. The number of benzene rings is 7. The van der Waals surface area contributed by atoms with Gasteiger partial charge >= 0.3 is 0 Å². The fourth-order valence-electron chi connectivity index (χ4n) is 6.59. The van der Waals surface area contributed by atoms with Crippen molar-refractivity contribution in [2.24, 2.45) is 0 Å². The summed E-state index contributed by atoms with van der Waals surface area (Å²) in [6.45, 7) is 0. The van der Waals surface area contributed by atoms with Gasteiger partial charge in [0.2, 0.25) is 0 Å². The van der Waals surface area contributed by atoms with Crippen LogP contribution in [0, 0.1) is 0 Å². The van der Waals surface area contributed by atoms with E-state index in [1.54, 1.807) is 0 Å². The van der Waals surface area contributed by atoms with Crippen LogP contribution in [0.5, 0.6) is 0 Å². The molecule has 0 spiro atoms. The molecule has 2 nitrogen and oxygen atoms in total. The zero-order chi connectivity index (χ0) is 28.3. The maximum atomic E-state index is 6.83. The zero-order valence-corrected chi connectivity index (χ0v) is 24.0. The molecule has 0 atom stereocenters. The lowest BCUT2D eigenvalue weighted by atomic mass is 9.95. The van der Waals surface area contributed by atoms with Crippen LogP contribution < -0.4 is 4.90 Å². The average Bonchev–Trinajstić information content (AvgIpc) is 3.65. The van der Waals surface area contributed by atoms with Crippen molar-refractivity contribution in [1.29, 1.82) is 0 Å². The van der Waals surface area contributed by atoms with E-state index in [0.717, 1.165) is 50.1 Å². The highest BCUT2D eigenvalue weighted by Gasteiger charge is 2.24. The third-order valence-electron chi connectivity index (χ3n) is 8.43. The highest BCUT2D eigenvalue weighted by Crippen LogP contribution is 2.49. The van der Waals surface area contributed by atoms with Crippen LogP contribution in [0.4, 0.5) is 17.1 Å². The molecule has 2 heterocycles. The number of furan rings is 1. The van der Waals surface area contributed by atoms with Crippen LogP contribution in [0.1, 0.15) is 0 Å². The molecule has 9 rings (SSSR count). The van der Waals surface area contributed by atoms with Gasteiger partial charge in [-0.05, 0) is 64.9 Å². The van der Waals surface area contributed by atoms with Crippen molar-refractivity contribution in [2.75, 3.05) is 4.90 Å². The van der Waals surface area contributed by atoms with E-state index in [9.17, 15) is 0 Å². The predicted octanol–water partition coefficient (Wildman–Crippen LogP) is 12.2. The summed E-state index contributed by atoms with van der Waals surface area (Å²) in [5, 5.41) is 7.20. The van der Waals surface area contributed by atoms with Gasteiger partial charge in [-0.25, -0.2) is 0 Å². The monoisotopic (exact) mass is 567 g/mol. The first-order chi connectivity index (χ1) is 21.3. The fraction of sp³-hybridized carbons (Fsp3) is 0. The van der Waals surface area contributed by atoms with Crippen molar-refractivity contribution >= 4 is 81.3 Å². The molecule has 0 fully saturated rings. The molecule has 202 valence electrons. The second-order valence-corrected chi connectivity index (χ2v) is 12.0. The maximum Gasteiger partial charge on any atom is 0.143 e. The van der Waals surface area contributed by atoms with Crippen molar-refractivity contribution < 1.29 is 4.42 Å². The number of para-hydroxylation sites is 1. The van der Waals surface area contributed by atoms with Crippen LogP contribution in [0.3, 0.4) is 0 Å². The van der Waals surface area contributed by atoms with E-state index in [2.05, 4.69) is 157 Å². The van der Waals surface area contributed by atoms with Gasteiger partial charge in [0.1, 0.15) is 11.2 Å². The number of anilines is 3. The second-order valence-electron chi connectivity index (χ2n) is 10.9. The molecule has 0 saturated heterocycles. The van der Waals surface area contributed by atoms with Crippen molar-refractivity contribution in [3.63, 3.8) is 0 Å². The molecule has 9 aromatic rings. The predicted molar refractivity (Wildman–Crippen MR) is 184 cm³/mol. The van der Waals surface area contributed by atoms with Crippen LogP contribution in [0.25, 0.3) is 64.0 Å². The van der Waals surface area contributed by atoms with E-state index >= 15 is 0 Å². The average molecular weight is 568 g/mol. The smallest absolute Gasteiger partial charge is 0.143 e. The van der Waals surface area contributed by atoms with Gasteiger partial charge < -0.3 is 9.32 Å². The molecule has 7 aromatic carbocycles. The highest BCUT2D eigenvalue weighted by molar-refractivity contribution is 7.26. The van der Waals surface area contributed by atoms with Gasteiger partial charge in [-0.15, -0.1) is 11.3 Å². The molecule has 0 saturated carbocycles. The summed E-state index contributed by atoms with van der Waals surface area (Å²) in [7, 11) is 0. The Labute approximate surface area is 252 Å². The van der Waals surface area contributed by atoms with Crippen LogP contribution >= 0.6 is 11.3 Å². The van der Waals surface area contributed by atoms with Gasteiger partial charge in [-0.1, -0.05) is 103 Å². The number of rotatable bonds is 4. The first-order valence-electron chi connectivity index (χ1n) is 14.5. The van der Waals surface area contributed by atoms with Crippen LogP contribution in [-0.4, -0.2) is 0 Å². The van der Waals surface area contributed by atoms with Gasteiger partial charge in [0.25, 0.3) is 0 Å². The summed E-state index contributed by atoms with van der Waals surface area (Å²) < 4.78 is 9.40. The van der Waals surface area contributed by atoms with E-state index in [1.165, 1.54) is 30.9 Å². The number of fused-ring (bicyclic) bond motifs is 8. The highest BCUT2D eigenvalue weighted by atomic mass is 32.1. The molecule has 0 N–H and O–H groups in total. The molecule has 0 radical (unpaired) electrons. The molecule has 0 amide bonds. The standard InChI is InChI=1S/C40H25NOS/c1-3-13-26(14-4-1)31-25-27-15-7-8-18-29(27)38-39-33(20-11-22-34(39)42-40(31)38)41(28-16-5-2-6-17-28)32-21-12-24-36-37(32)30-19-9-10-23-35(30)43-36/h1-25H. The Bertz CT molecular complexity index is 2460. The second kappa shape index (κ2) is 9.59. The van der Waals surface area contributed by atoms with Crippen LogP contribution in [0.15, 0.2) is 156 Å². The SMILES string of the molecule is c1ccc(-c2cc3ccccc3c3c2oc2cccc(N(c4ccccc4)c4cccc5sc6ccccc6c45)c23)cc1. The van der Waals surface area contributed by atoms with Gasteiger partial charge in [0.05, 0.1) is 16.8 Å². The van der Waals surface area contributed by atoms with Crippen LogP contribution in [-0.2, 0) is 0 Å². The Morgan fingerprint density at radius 3 is 1.98 bits per heavy atom. The minimum absolute atomic E-state index is 0.879. The number of thiophene rings is 1.